The summed E-state index contributed by atoms with van der Waals surface area (Å²) in [5.41, 5.74) is 0.311. The van der Waals surface area contributed by atoms with Gasteiger partial charge in [0.1, 0.15) is 0 Å². The molecule has 0 unspecified atom stereocenters. The van der Waals surface area contributed by atoms with Gasteiger partial charge in [-0.05, 0) is 32.1 Å². The van der Waals surface area contributed by atoms with Gasteiger partial charge in [0, 0.05) is 19.0 Å². The molecule has 84 valence electrons. The van der Waals surface area contributed by atoms with Crippen LogP contribution in [0.3, 0.4) is 0 Å². The normalized spacial score (nSPS) is 32.9. The number of hydrogen-bond donors (Lipinski definition) is 1. The van der Waals surface area contributed by atoms with Crippen LogP contribution in [0, 0.1) is 0 Å². The first-order valence-corrected chi connectivity index (χ1v) is 6.91. The van der Waals surface area contributed by atoms with Gasteiger partial charge >= 0.3 is 0 Å². The van der Waals surface area contributed by atoms with Crippen LogP contribution < -0.4 is 5.32 Å². The van der Waals surface area contributed by atoms with E-state index in [4.69, 9.17) is 9.73 Å². The lowest BCUT2D eigenvalue weighted by molar-refractivity contribution is 0.0555. The SMILES string of the molecule is C1CC(N=C2NC3(CCOCC3)CS2)C1. The molecule has 0 aromatic heterocycles. The summed E-state index contributed by atoms with van der Waals surface area (Å²) in [6, 6.07) is 0.620. The van der Waals surface area contributed by atoms with E-state index in [1.165, 1.54) is 30.2 Å². The second-order valence-electron chi connectivity index (χ2n) is 4.83. The molecule has 3 nitrogen and oxygen atoms in total. The number of thioether (sulfide) groups is 1. The predicted molar refractivity (Wildman–Crippen MR) is 63.5 cm³/mol. The van der Waals surface area contributed by atoms with Gasteiger partial charge in [-0.2, -0.15) is 0 Å². The second-order valence-corrected chi connectivity index (χ2v) is 5.79. The topological polar surface area (TPSA) is 33.6 Å². The van der Waals surface area contributed by atoms with Crippen LogP contribution in [-0.4, -0.2) is 35.7 Å². The molecular weight excluding hydrogens is 208 g/mol. The number of amidine groups is 1. The maximum absolute atomic E-state index is 5.42. The minimum Gasteiger partial charge on any atom is -0.381 e. The summed E-state index contributed by atoms with van der Waals surface area (Å²) in [6.07, 6.45) is 6.24. The molecule has 2 saturated heterocycles. The Kier molecular flexibility index (Phi) is 2.64. The summed E-state index contributed by atoms with van der Waals surface area (Å²) in [5.74, 6) is 1.18. The third-order valence-electron chi connectivity index (χ3n) is 3.68. The molecule has 3 aliphatic rings. The van der Waals surface area contributed by atoms with Crippen molar-refractivity contribution in [2.24, 2.45) is 4.99 Å². The van der Waals surface area contributed by atoms with E-state index >= 15 is 0 Å². The Morgan fingerprint density at radius 2 is 2.13 bits per heavy atom. The molecule has 2 aliphatic heterocycles. The van der Waals surface area contributed by atoms with Gasteiger partial charge in [-0.3, -0.25) is 4.99 Å². The average molecular weight is 226 g/mol. The highest BCUT2D eigenvalue weighted by Gasteiger charge is 2.39. The number of aliphatic imine (C=N–C) groups is 1. The number of ether oxygens (including phenoxy) is 1. The quantitative estimate of drug-likeness (QED) is 0.740. The maximum Gasteiger partial charge on any atom is 0.157 e. The summed E-state index contributed by atoms with van der Waals surface area (Å²) >= 11 is 1.91. The molecule has 1 N–H and O–H groups in total. The van der Waals surface area contributed by atoms with Crippen molar-refractivity contribution >= 4 is 16.9 Å². The van der Waals surface area contributed by atoms with Crippen molar-refractivity contribution in [3.8, 4) is 0 Å². The van der Waals surface area contributed by atoms with Crippen molar-refractivity contribution in [1.82, 2.24) is 5.32 Å². The van der Waals surface area contributed by atoms with E-state index in [-0.39, 0.29) is 0 Å². The fourth-order valence-corrected chi connectivity index (χ4v) is 3.57. The zero-order chi connectivity index (χ0) is 10.1. The standard InChI is InChI=1S/C11H18N2OS/c1-2-9(3-1)12-10-13-11(8-15-10)4-6-14-7-5-11/h9H,1-8H2,(H,12,13). The highest BCUT2D eigenvalue weighted by molar-refractivity contribution is 8.14. The van der Waals surface area contributed by atoms with Crippen LogP contribution in [0.15, 0.2) is 4.99 Å². The summed E-state index contributed by atoms with van der Waals surface area (Å²) in [7, 11) is 0. The minimum absolute atomic E-state index is 0.311. The number of hydrogen-bond acceptors (Lipinski definition) is 3. The Bertz CT molecular complexity index is 270. The van der Waals surface area contributed by atoms with Crippen LogP contribution in [0.25, 0.3) is 0 Å². The van der Waals surface area contributed by atoms with Gasteiger partial charge in [0.15, 0.2) is 5.17 Å². The summed E-state index contributed by atoms with van der Waals surface area (Å²) < 4.78 is 5.42. The van der Waals surface area contributed by atoms with E-state index < -0.39 is 0 Å². The largest absolute Gasteiger partial charge is 0.381 e. The Hall–Kier alpha value is -0.220. The Labute approximate surface area is 95.1 Å². The van der Waals surface area contributed by atoms with Crippen molar-refractivity contribution in [1.29, 1.82) is 0 Å². The number of rotatable bonds is 1. The summed E-state index contributed by atoms with van der Waals surface area (Å²) in [4.78, 5) is 4.76. The van der Waals surface area contributed by atoms with E-state index in [2.05, 4.69) is 5.32 Å². The molecule has 3 rings (SSSR count). The van der Waals surface area contributed by atoms with Crippen molar-refractivity contribution in [3.63, 3.8) is 0 Å². The first-order chi connectivity index (χ1) is 7.36. The van der Waals surface area contributed by atoms with Crippen LogP contribution in [0.1, 0.15) is 32.1 Å². The lowest BCUT2D eigenvalue weighted by atomic mass is 9.92. The maximum atomic E-state index is 5.42. The highest BCUT2D eigenvalue weighted by Crippen LogP contribution is 2.33. The molecule has 0 aromatic carbocycles. The third-order valence-corrected chi connectivity index (χ3v) is 4.86. The zero-order valence-electron chi connectivity index (χ0n) is 9.00. The van der Waals surface area contributed by atoms with Crippen molar-refractivity contribution in [3.05, 3.63) is 0 Å². The fourth-order valence-electron chi connectivity index (χ4n) is 2.29. The average Bonchev–Trinajstić information content (AvgIpc) is 2.57. The van der Waals surface area contributed by atoms with Gasteiger partial charge < -0.3 is 10.1 Å². The molecule has 4 heteroatoms. The molecule has 1 spiro atoms. The van der Waals surface area contributed by atoms with Gasteiger partial charge in [-0.25, -0.2) is 0 Å². The third kappa shape index (κ3) is 2.02. The van der Waals surface area contributed by atoms with Gasteiger partial charge in [0.25, 0.3) is 0 Å². The van der Waals surface area contributed by atoms with Gasteiger partial charge in [-0.1, -0.05) is 11.8 Å². The second kappa shape index (κ2) is 3.98. The van der Waals surface area contributed by atoms with E-state index in [0.717, 1.165) is 26.1 Å². The molecule has 0 aromatic rings. The summed E-state index contributed by atoms with van der Waals surface area (Å²) in [6.45, 7) is 1.81. The zero-order valence-corrected chi connectivity index (χ0v) is 9.81. The van der Waals surface area contributed by atoms with Crippen molar-refractivity contribution < 1.29 is 4.74 Å². The highest BCUT2D eigenvalue weighted by atomic mass is 32.2. The van der Waals surface area contributed by atoms with E-state index in [1.54, 1.807) is 0 Å². The van der Waals surface area contributed by atoms with Crippen LogP contribution in [0.5, 0.6) is 0 Å². The Morgan fingerprint density at radius 3 is 2.80 bits per heavy atom. The molecule has 2 heterocycles. The van der Waals surface area contributed by atoms with Gasteiger partial charge in [0.05, 0.1) is 11.6 Å². The smallest absolute Gasteiger partial charge is 0.157 e. The molecule has 0 amide bonds. The molecule has 3 fully saturated rings. The Balaban J connectivity index is 1.63. The molecule has 1 saturated carbocycles. The first-order valence-electron chi connectivity index (χ1n) is 5.93. The monoisotopic (exact) mass is 226 g/mol. The van der Waals surface area contributed by atoms with Crippen LogP contribution in [-0.2, 0) is 4.74 Å². The van der Waals surface area contributed by atoms with Crippen LogP contribution >= 0.6 is 11.8 Å². The fraction of sp³-hybridized carbons (Fsp3) is 0.909. The van der Waals surface area contributed by atoms with Crippen molar-refractivity contribution in [2.75, 3.05) is 19.0 Å². The predicted octanol–water partition coefficient (Wildman–Crippen LogP) is 1.78. The molecule has 15 heavy (non-hydrogen) atoms. The van der Waals surface area contributed by atoms with Gasteiger partial charge in [-0.15, -0.1) is 0 Å². The molecule has 1 aliphatic carbocycles. The molecule has 0 bridgehead atoms. The number of nitrogens with one attached hydrogen (secondary N) is 1. The van der Waals surface area contributed by atoms with E-state index in [9.17, 15) is 0 Å². The lowest BCUT2D eigenvalue weighted by Crippen LogP contribution is -2.48. The lowest BCUT2D eigenvalue weighted by Gasteiger charge is -2.33. The van der Waals surface area contributed by atoms with E-state index in [1.807, 2.05) is 11.8 Å². The molecular formula is C11H18N2OS. The molecule has 0 radical (unpaired) electrons. The van der Waals surface area contributed by atoms with Crippen molar-refractivity contribution in [2.45, 2.75) is 43.7 Å². The minimum atomic E-state index is 0.311. The summed E-state index contributed by atoms with van der Waals surface area (Å²) in [5, 5.41) is 4.83. The number of nitrogens with zero attached hydrogens (tertiary/aromatic N) is 1. The van der Waals surface area contributed by atoms with Crippen LogP contribution in [0.4, 0.5) is 0 Å². The van der Waals surface area contributed by atoms with Crippen LogP contribution in [0.2, 0.25) is 0 Å². The first kappa shape index (κ1) is 9.97. The molecule has 0 atom stereocenters. The Morgan fingerprint density at radius 1 is 1.33 bits per heavy atom. The van der Waals surface area contributed by atoms with E-state index in [0.29, 0.717) is 11.6 Å². The van der Waals surface area contributed by atoms with Gasteiger partial charge in [0.2, 0.25) is 0 Å².